The number of benzene rings is 1. The Kier molecular flexibility index (Phi) is 4.52. The molecule has 0 bridgehead atoms. The molecule has 3 N–H and O–H groups in total. The maximum Gasteiger partial charge on any atom is 0.223 e. The molecule has 7 nitrogen and oxygen atoms in total. The second kappa shape index (κ2) is 7.67. The lowest BCUT2D eigenvalue weighted by Gasteiger charge is -2.12. The molecule has 0 radical (unpaired) electrons. The molecular weight excluding hydrogens is 400 g/mol. The Morgan fingerprint density at radius 3 is 2.84 bits per heavy atom. The SMILES string of the molecule is COc1ccc2[nH]c(-c3cnc4[nH]cc(-c5ccnc(NC6CCCC6)n5)c4c3)cc2c1. The summed E-state index contributed by atoms with van der Waals surface area (Å²) in [6.45, 7) is 0. The van der Waals surface area contributed by atoms with Gasteiger partial charge in [-0.15, -0.1) is 0 Å². The van der Waals surface area contributed by atoms with Crippen molar-refractivity contribution in [3.8, 4) is 28.3 Å². The number of methoxy groups -OCH3 is 1. The number of rotatable bonds is 5. The summed E-state index contributed by atoms with van der Waals surface area (Å²) < 4.78 is 5.35. The van der Waals surface area contributed by atoms with Crippen LogP contribution < -0.4 is 10.1 Å². The van der Waals surface area contributed by atoms with Crippen molar-refractivity contribution in [2.75, 3.05) is 12.4 Å². The number of nitrogens with zero attached hydrogens (tertiary/aromatic N) is 3. The van der Waals surface area contributed by atoms with Gasteiger partial charge in [-0.3, -0.25) is 0 Å². The Morgan fingerprint density at radius 1 is 1.06 bits per heavy atom. The molecular formula is C25H24N6O. The van der Waals surface area contributed by atoms with Crippen LogP contribution in [0.15, 0.2) is 55.0 Å². The van der Waals surface area contributed by atoms with Gasteiger partial charge in [0.15, 0.2) is 0 Å². The molecule has 32 heavy (non-hydrogen) atoms. The van der Waals surface area contributed by atoms with Crippen molar-refractivity contribution >= 4 is 27.9 Å². The minimum Gasteiger partial charge on any atom is -0.497 e. The summed E-state index contributed by atoms with van der Waals surface area (Å²) in [5, 5.41) is 5.62. The van der Waals surface area contributed by atoms with E-state index in [-0.39, 0.29) is 0 Å². The molecule has 0 saturated heterocycles. The van der Waals surface area contributed by atoms with Gasteiger partial charge in [-0.2, -0.15) is 0 Å². The molecule has 0 atom stereocenters. The van der Waals surface area contributed by atoms with Crippen molar-refractivity contribution in [1.29, 1.82) is 0 Å². The van der Waals surface area contributed by atoms with E-state index >= 15 is 0 Å². The normalized spacial score (nSPS) is 14.4. The first-order chi connectivity index (χ1) is 15.8. The van der Waals surface area contributed by atoms with E-state index in [4.69, 9.17) is 9.72 Å². The Morgan fingerprint density at radius 2 is 1.97 bits per heavy atom. The lowest BCUT2D eigenvalue weighted by atomic mass is 10.1. The molecule has 4 aromatic heterocycles. The van der Waals surface area contributed by atoms with Crippen LogP contribution in [0, 0.1) is 0 Å². The molecule has 5 aromatic rings. The van der Waals surface area contributed by atoms with Crippen LogP contribution in [0.2, 0.25) is 0 Å². The molecule has 1 aromatic carbocycles. The van der Waals surface area contributed by atoms with Crippen LogP contribution in [0.25, 0.3) is 44.5 Å². The monoisotopic (exact) mass is 424 g/mol. The van der Waals surface area contributed by atoms with Crippen LogP contribution >= 0.6 is 0 Å². The standard InChI is InChI=1S/C25H24N6O/c1-32-18-6-7-21-15(10-18)12-23(30-21)16-11-19-20(14-28-24(19)27-13-16)22-8-9-26-25(31-22)29-17-4-2-3-5-17/h6-14,17,30H,2-5H2,1H3,(H,27,28)(H,26,29,31). The van der Waals surface area contributed by atoms with Crippen molar-refractivity contribution < 1.29 is 4.74 Å². The molecule has 0 unspecified atom stereocenters. The molecule has 0 aliphatic heterocycles. The first-order valence-electron chi connectivity index (χ1n) is 11.0. The lowest BCUT2D eigenvalue weighted by molar-refractivity contribution is 0.415. The zero-order valence-electron chi connectivity index (χ0n) is 17.9. The predicted molar refractivity (Wildman–Crippen MR) is 127 cm³/mol. The Hall–Kier alpha value is -3.87. The second-order valence-corrected chi connectivity index (χ2v) is 8.35. The summed E-state index contributed by atoms with van der Waals surface area (Å²) in [7, 11) is 1.68. The van der Waals surface area contributed by atoms with Gasteiger partial charge in [0.2, 0.25) is 5.95 Å². The van der Waals surface area contributed by atoms with Crippen LogP contribution in [0.3, 0.4) is 0 Å². The number of pyridine rings is 1. The smallest absolute Gasteiger partial charge is 0.223 e. The molecule has 0 amide bonds. The fraction of sp³-hybridized carbons (Fsp3) is 0.240. The summed E-state index contributed by atoms with van der Waals surface area (Å²) >= 11 is 0. The molecule has 1 fully saturated rings. The number of fused-ring (bicyclic) bond motifs is 2. The van der Waals surface area contributed by atoms with E-state index in [9.17, 15) is 0 Å². The molecule has 0 spiro atoms. The number of aromatic nitrogens is 5. The number of hydrogen-bond donors (Lipinski definition) is 3. The van der Waals surface area contributed by atoms with Crippen molar-refractivity contribution in [2.24, 2.45) is 0 Å². The van der Waals surface area contributed by atoms with Gasteiger partial charge in [-0.1, -0.05) is 12.8 Å². The first-order valence-corrected chi connectivity index (χ1v) is 11.0. The Bertz CT molecular complexity index is 1410. The zero-order valence-corrected chi connectivity index (χ0v) is 17.9. The summed E-state index contributed by atoms with van der Waals surface area (Å²) in [6, 6.07) is 12.7. The van der Waals surface area contributed by atoms with E-state index in [1.54, 1.807) is 7.11 Å². The Labute approximate surface area is 185 Å². The second-order valence-electron chi connectivity index (χ2n) is 8.35. The highest BCUT2D eigenvalue weighted by molar-refractivity contribution is 5.96. The maximum absolute atomic E-state index is 5.35. The van der Waals surface area contributed by atoms with Gasteiger partial charge >= 0.3 is 0 Å². The van der Waals surface area contributed by atoms with E-state index in [0.29, 0.717) is 12.0 Å². The maximum atomic E-state index is 5.35. The van der Waals surface area contributed by atoms with Gasteiger partial charge in [0.1, 0.15) is 11.4 Å². The summed E-state index contributed by atoms with van der Waals surface area (Å²) in [6.07, 6.45) is 10.6. The van der Waals surface area contributed by atoms with E-state index in [0.717, 1.165) is 50.2 Å². The van der Waals surface area contributed by atoms with Crippen LogP contribution in [0.4, 0.5) is 5.95 Å². The third-order valence-corrected chi connectivity index (χ3v) is 6.29. The first kappa shape index (κ1) is 18.9. The van der Waals surface area contributed by atoms with Crippen molar-refractivity contribution in [3.05, 3.63) is 55.0 Å². The highest BCUT2D eigenvalue weighted by atomic mass is 16.5. The van der Waals surface area contributed by atoms with Gasteiger partial charge in [0, 0.05) is 57.7 Å². The molecule has 4 heterocycles. The fourth-order valence-corrected chi connectivity index (χ4v) is 4.59. The van der Waals surface area contributed by atoms with Gasteiger partial charge in [0.25, 0.3) is 0 Å². The quantitative estimate of drug-likeness (QED) is 0.345. The van der Waals surface area contributed by atoms with Crippen LogP contribution in [-0.2, 0) is 0 Å². The van der Waals surface area contributed by atoms with Crippen LogP contribution in [0.5, 0.6) is 5.75 Å². The molecule has 1 aliphatic rings. The minimum atomic E-state index is 0.474. The van der Waals surface area contributed by atoms with Gasteiger partial charge in [-0.05, 0) is 49.2 Å². The van der Waals surface area contributed by atoms with Gasteiger partial charge < -0.3 is 20.0 Å². The van der Waals surface area contributed by atoms with Crippen molar-refractivity contribution in [3.63, 3.8) is 0 Å². The zero-order chi connectivity index (χ0) is 21.5. The third kappa shape index (κ3) is 3.36. The number of nitrogens with one attached hydrogen (secondary N) is 3. The molecule has 160 valence electrons. The molecule has 7 heteroatoms. The number of H-pyrrole nitrogens is 2. The Balaban J connectivity index is 1.38. The molecule has 1 aliphatic carbocycles. The number of anilines is 1. The topological polar surface area (TPSA) is 91.5 Å². The van der Waals surface area contributed by atoms with Crippen LogP contribution in [0.1, 0.15) is 25.7 Å². The highest BCUT2D eigenvalue weighted by Crippen LogP contribution is 2.32. The predicted octanol–water partition coefficient (Wildman–Crippen LogP) is 5.53. The van der Waals surface area contributed by atoms with E-state index in [1.807, 2.05) is 42.9 Å². The summed E-state index contributed by atoms with van der Waals surface area (Å²) in [4.78, 5) is 20.6. The molecule has 6 rings (SSSR count). The highest BCUT2D eigenvalue weighted by Gasteiger charge is 2.17. The minimum absolute atomic E-state index is 0.474. The van der Waals surface area contributed by atoms with E-state index in [1.165, 1.54) is 25.7 Å². The number of aromatic amines is 2. The summed E-state index contributed by atoms with van der Waals surface area (Å²) in [5.74, 6) is 1.53. The fourth-order valence-electron chi connectivity index (χ4n) is 4.59. The van der Waals surface area contributed by atoms with Gasteiger partial charge in [0.05, 0.1) is 12.8 Å². The largest absolute Gasteiger partial charge is 0.497 e. The van der Waals surface area contributed by atoms with Crippen LogP contribution in [-0.4, -0.2) is 38.1 Å². The van der Waals surface area contributed by atoms with Crippen molar-refractivity contribution in [2.45, 2.75) is 31.7 Å². The average Bonchev–Trinajstić information content (AvgIpc) is 3.57. The van der Waals surface area contributed by atoms with Crippen molar-refractivity contribution in [1.82, 2.24) is 24.9 Å². The summed E-state index contributed by atoms with van der Waals surface area (Å²) in [5.41, 5.74) is 5.84. The number of hydrogen-bond acceptors (Lipinski definition) is 5. The third-order valence-electron chi connectivity index (χ3n) is 6.29. The number of ether oxygens (including phenoxy) is 1. The van der Waals surface area contributed by atoms with E-state index < -0.39 is 0 Å². The van der Waals surface area contributed by atoms with E-state index in [2.05, 4.69) is 37.4 Å². The molecule has 1 saturated carbocycles. The average molecular weight is 425 g/mol. The van der Waals surface area contributed by atoms with Gasteiger partial charge in [-0.25, -0.2) is 15.0 Å². The lowest BCUT2D eigenvalue weighted by Crippen LogP contribution is -2.16.